The van der Waals surface area contributed by atoms with Crippen molar-refractivity contribution in [2.24, 2.45) is 0 Å². The Morgan fingerprint density at radius 3 is 2.56 bits per heavy atom. The largest absolute Gasteiger partial charge is 0.417 e. The summed E-state index contributed by atoms with van der Waals surface area (Å²) in [6, 6.07) is 14.6. The number of amides is 2. The lowest BCUT2D eigenvalue weighted by molar-refractivity contribution is -0.139. The average molecular weight is 456 g/mol. The lowest BCUT2D eigenvalue weighted by Gasteiger charge is -2.29. The molecule has 4 nitrogen and oxygen atoms in total. The molecule has 0 saturated heterocycles. The third-order valence-corrected chi connectivity index (χ3v) is 6.05. The number of benzene rings is 2. The van der Waals surface area contributed by atoms with E-state index in [1.165, 1.54) is 9.80 Å². The van der Waals surface area contributed by atoms with Crippen molar-refractivity contribution < 1.29 is 18.0 Å². The van der Waals surface area contributed by atoms with Gasteiger partial charge in [-0.05, 0) is 60.7 Å². The van der Waals surface area contributed by atoms with Gasteiger partial charge < -0.3 is 0 Å². The highest BCUT2D eigenvalue weighted by atomic mass is 32.2. The highest BCUT2D eigenvalue weighted by molar-refractivity contribution is 7.98. The predicted molar refractivity (Wildman–Crippen MR) is 123 cm³/mol. The number of para-hydroxylation sites is 1. The minimum Gasteiger partial charge on any atom is -0.293 e. The molecule has 0 unspecified atom stereocenters. The molecule has 0 spiro atoms. The number of fused-ring (bicyclic) bond motifs is 1. The van der Waals surface area contributed by atoms with Crippen LogP contribution in [0.2, 0.25) is 0 Å². The number of hydrogen-bond donors (Lipinski definition) is 0. The molecule has 0 saturated carbocycles. The molecule has 0 radical (unpaired) electrons. The van der Waals surface area contributed by atoms with Crippen LogP contribution in [-0.4, -0.2) is 23.8 Å². The van der Waals surface area contributed by atoms with Gasteiger partial charge in [-0.2, -0.15) is 13.2 Å². The van der Waals surface area contributed by atoms with Crippen molar-refractivity contribution in [1.82, 2.24) is 4.98 Å². The van der Waals surface area contributed by atoms with E-state index in [0.29, 0.717) is 35.7 Å². The fourth-order valence-electron chi connectivity index (χ4n) is 3.76. The molecular formula is C24H20F3N3OS. The van der Waals surface area contributed by atoms with Crippen LogP contribution in [0.1, 0.15) is 16.8 Å². The molecule has 2 aromatic carbocycles. The Bertz CT molecular complexity index is 1160. The zero-order valence-corrected chi connectivity index (χ0v) is 18.1. The lowest BCUT2D eigenvalue weighted by Crippen LogP contribution is -2.40. The Morgan fingerprint density at radius 2 is 1.91 bits per heavy atom. The number of halogens is 3. The molecule has 2 amide bonds. The molecule has 2 heterocycles. The second-order valence-corrected chi connectivity index (χ2v) is 8.03. The first kappa shape index (κ1) is 22.0. The number of nitrogens with zero attached hydrogens (tertiary/aromatic N) is 3. The summed E-state index contributed by atoms with van der Waals surface area (Å²) >= 11 is 1.05. The Hall–Kier alpha value is -3.26. The van der Waals surface area contributed by atoms with Crippen LogP contribution in [0.3, 0.4) is 0 Å². The summed E-state index contributed by atoms with van der Waals surface area (Å²) in [5, 5.41) is 0. The van der Waals surface area contributed by atoms with Crippen molar-refractivity contribution in [1.29, 1.82) is 0 Å². The number of carbonyl (C=O) groups excluding carboxylic acids is 1. The Balaban J connectivity index is 1.81. The Morgan fingerprint density at radius 1 is 1.16 bits per heavy atom. The molecule has 1 aliphatic rings. The quantitative estimate of drug-likeness (QED) is 0.407. The number of carbonyl (C=O) groups is 1. The SMILES string of the molecule is C=Cc1cc(N(C(=O)N2CCc3cc(SC)c(C(F)(F)F)cc32)c2ccccc2)ccn1. The maximum Gasteiger partial charge on any atom is 0.417 e. The van der Waals surface area contributed by atoms with Gasteiger partial charge in [-0.25, -0.2) is 4.79 Å². The first-order chi connectivity index (χ1) is 15.3. The maximum atomic E-state index is 13.7. The minimum atomic E-state index is -4.51. The van der Waals surface area contributed by atoms with E-state index < -0.39 is 17.8 Å². The topological polar surface area (TPSA) is 36.4 Å². The van der Waals surface area contributed by atoms with E-state index >= 15 is 0 Å². The van der Waals surface area contributed by atoms with Crippen molar-refractivity contribution in [3.8, 4) is 0 Å². The molecule has 32 heavy (non-hydrogen) atoms. The lowest BCUT2D eigenvalue weighted by atomic mass is 10.1. The number of alkyl halides is 3. The van der Waals surface area contributed by atoms with E-state index in [1.54, 1.807) is 61.0 Å². The molecule has 1 aromatic heterocycles. The third kappa shape index (κ3) is 4.10. The summed E-state index contributed by atoms with van der Waals surface area (Å²) in [5.74, 6) is 0. The molecule has 0 aliphatic carbocycles. The van der Waals surface area contributed by atoms with Crippen LogP contribution in [-0.2, 0) is 12.6 Å². The van der Waals surface area contributed by atoms with Crippen LogP contribution in [0, 0.1) is 0 Å². The van der Waals surface area contributed by atoms with Gasteiger partial charge in [0.1, 0.15) is 0 Å². The summed E-state index contributed by atoms with van der Waals surface area (Å²) in [6.45, 7) is 4.02. The zero-order valence-electron chi connectivity index (χ0n) is 17.3. The number of rotatable bonds is 4. The number of urea groups is 1. The molecule has 3 aromatic rings. The van der Waals surface area contributed by atoms with E-state index in [2.05, 4.69) is 11.6 Å². The van der Waals surface area contributed by atoms with Gasteiger partial charge in [0.15, 0.2) is 0 Å². The molecule has 0 bridgehead atoms. The molecule has 0 fully saturated rings. The second-order valence-electron chi connectivity index (χ2n) is 7.18. The number of aromatic nitrogens is 1. The van der Waals surface area contributed by atoms with Crippen molar-refractivity contribution in [3.63, 3.8) is 0 Å². The fraction of sp³-hybridized carbons (Fsp3) is 0.167. The van der Waals surface area contributed by atoms with Crippen LogP contribution >= 0.6 is 11.8 Å². The van der Waals surface area contributed by atoms with E-state index in [1.807, 2.05) is 6.07 Å². The van der Waals surface area contributed by atoms with Gasteiger partial charge in [-0.3, -0.25) is 14.8 Å². The van der Waals surface area contributed by atoms with Crippen LogP contribution < -0.4 is 9.80 Å². The van der Waals surface area contributed by atoms with E-state index in [9.17, 15) is 18.0 Å². The fourth-order valence-corrected chi connectivity index (χ4v) is 4.41. The van der Waals surface area contributed by atoms with Crippen molar-refractivity contribution in [2.45, 2.75) is 17.5 Å². The van der Waals surface area contributed by atoms with Crippen molar-refractivity contribution >= 4 is 40.9 Å². The molecule has 8 heteroatoms. The van der Waals surface area contributed by atoms with Crippen LogP contribution in [0.15, 0.2) is 72.3 Å². The van der Waals surface area contributed by atoms with Crippen LogP contribution in [0.4, 0.5) is 35.0 Å². The molecule has 0 N–H and O–H groups in total. The molecule has 4 rings (SSSR count). The summed E-state index contributed by atoms with van der Waals surface area (Å²) in [5.41, 5.74) is 2.03. The van der Waals surface area contributed by atoms with Gasteiger partial charge in [-0.15, -0.1) is 11.8 Å². The van der Waals surface area contributed by atoms with E-state index in [0.717, 1.165) is 23.4 Å². The number of anilines is 3. The Kier molecular flexibility index (Phi) is 5.97. The second kappa shape index (κ2) is 8.70. The van der Waals surface area contributed by atoms with Crippen molar-refractivity contribution in [3.05, 3.63) is 84.2 Å². The molecule has 164 valence electrons. The smallest absolute Gasteiger partial charge is 0.293 e. The number of hydrogen-bond acceptors (Lipinski definition) is 3. The van der Waals surface area contributed by atoms with Gasteiger partial charge in [0.2, 0.25) is 0 Å². The molecular weight excluding hydrogens is 435 g/mol. The van der Waals surface area contributed by atoms with Gasteiger partial charge >= 0.3 is 12.2 Å². The van der Waals surface area contributed by atoms with Gasteiger partial charge in [-0.1, -0.05) is 24.8 Å². The normalized spacial score (nSPS) is 13.1. The van der Waals surface area contributed by atoms with Crippen LogP contribution in [0.5, 0.6) is 0 Å². The standard InChI is InChI=1S/C24H20F3N3OS/c1-3-17-14-19(9-11-28-17)30(18-7-5-4-6-8-18)23(31)29-12-10-16-13-22(32-2)20(15-21(16)29)24(25,26)27/h3-9,11,13-15H,1,10,12H2,2H3. The number of pyridine rings is 1. The van der Waals surface area contributed by atoms with E-state index in [-0.39, 0.29) is 4.90 Å². The van der Waals surface area contributed by atoms with Gasteiger partial charge in [0, 0.05) is 23.3 Å². The maximum absolute atomic E-state index is 13.7. The summed E-state index contributed by atoms with van der Waals surface area (Å²) in [4.78, 5) is 21.0. The van der Waals surface area contributed by atoms with E-state index in [4.69, 9.17) is 0 Å². The van der Waals surface area contributed by atoms with Gasteiger partial charge in [0.05, 0.1) is 22.6 Å². The van der Waals surface area contributed by atoms with Crippen LogP contribution in [0.25, 0.3) is 6.08 Å². The predicted octanol–water partition coefficient (Wildman–Crippen LogP) is 6.79. The Labute approximate surface area is 188 Å². The number of thioether (sulfide) groups is 1. The molecule has 0 atom stereocenters. The van der Waals surface area contributed by atoms with Crippen molar-refractivity contribution in [2.75, 3.05) is 22.6 Å². The first-order valence-corrected chi connectivity index (χ1v) is 11.1. The highest BCUT2D eigenvalue weighted by Gasteiger charge is 2.38. The first-order valence-electron chi connectivity index (χ1n) is 9.86. The van der Waals surface area contributed by atoms with Gasteiger partial charge in [0.25, 0.3) is 0 Å². The zero-order chi connectivity index (χ0) is 22.9. The molecule has 1 aliphatic heterocycles. The summed E-state index contributed by atoms with van der Waals surface area (Å²) < 4.78 is 41.0. The monoisotopic (exact) mass is 455 g/mol. The summed E-state index contributed by atoms with van der Waals surface area (Å²) in [6.07, 6.45) is 0.742. The highest BCUT2D eigenvalue weighted by Crippen LogP contribution is 2.42. The average Bonchev–Trinajstić information content (AvgIpc) is 3.21. The minimum absolute atomic E-state index is 0.162. The third-order valence-electron chi connectivity index (χ3n) is 5.27. The summed E-state index contributed by atoms with van der Waals surface area (Å²) in [7, 11) is 0.